The second-order valence-electron chi connectivity index (χ2n) is 3.51. The molecule has 2 nitrogen and oxygen atoms in total. The van der Waals surface area contributed by atoms with E-state index in [2.05, 4.69) is 6.07 Å². The summed E-state index contributed by atoms with van der Waals surface area (Å²) < 4.78 is 23.3. The van der Waals surface area contributed by atoms with Gasteiger partial charge in [-0.15, -0.1) is 12.1 Å². The van der Waals surface area contributed by atoms with E-state index in [1.165, 1.54) is 18.2 Å². The Morgan fingerprint density at radius 1 is 1.16 bits per heavy atom. The van der Waals surface area contributed by atoms with E-state index < -0.39 is 0 Å². The number of hydrogen-bond donors (Lipinski definition) is 0. The Balaban J connectivity index is 0.00000162. The van der Waals surface area contributed by atoms with Crippen molar-refractivity contribution in [3.8, 4) is 11.5 Å². The van der Waals surface area contributed by atoms with Crippen LogP contribution in [0.25, 0.3) is 0 Å². The number of hydrogen-bond acceptors (Lipinski definition) is 2. The molecule has 0 bridgehead atoms. The molecule has 0 saturated carbocycles. The zero-order valence-corrected chi connectivity index (χ0v) is 13.5. The molecule has 2 rings (SSSR count). The Morgan fingerprint density at radius 3 is 2.42 bits per heavy atom. The standard InChI is InChI=1S/C14H12FO2.BrH.Mg/c1-16-13-7-5-11(6-8-13)10-17-14-4-2-3-12(15)9-14;;/h2-3,5-9H,10H2,1H3;1H;/q-1;;+2/p-1. The van der Waals surface area contributed by atoms with Crippen LogP contribution in [0.5, 0.6) is 11.5 Å². The summed E-state index contributed by atoms with van der Waals surface area (Å²) in [5.74, 6) is 0.875. The minimum absolute atomic E-state index is 0. The maximum Gasteiger partial charge on any atom is 2.00 e. The van der Waals surface area contributed by atoms with E-state index in [1.807, 2.05) is 24.3 Å². The SMILES string of the molecule is COc1ccc(COc2[c-]ccc(F)c2)cc1.[Br-].[Mg+2]. The van der Waals surface area contributed by atoms with Gasteiger partial charge in [-0.25, -0.2) is 4.39 Å². The summed E-state index contributed by atoms with van der Waals surface area (Å²) in [6, 6.07) is 14.5. The number of benzene rings is 2. The average molecular weight is 335 g/mol. The van der Waals surface area contributed by atoms with Crippen molar-refractivity contribution in [1.29, 1.82) is 0 Å². The first-order valence-electron chi connectivity index (χ1n) is 5.21. The topological polar surface area (TPSA) is 18.5 Å². The molecule has 96 valence electrons. The van der Waals surface area contributed by atoms with Crippen molar-refractivity contribution in [2.24, 2.45) is 0 Å². The Morgan fingerprint density at radius 2 is 1.84 bits per heavy atom. The van der Waals surface area contributed by atoms with Gasteiger partial charge in [-0.2, -0.15) is 6.07 Å². The van der Waals surface area contributed by atoms with E-state index in [1.54, 1.807) is 7.11 Å². The molecule has 19 heavy (non-hydrogen) atoms. The molecule has 0 aliphatic rings. The zero-order valence-electron chi connectivity index (χ0n) is 10.5. The molecule has 0 unspecified atom stereocenters. The zero-order chi connectivity index (χ0) is 12.1. The number of rotatable bonds is 4. The van der Waals surface area contributed by atoms with Gasteiger partial charge in [-0.05, 0) is 17.7 Å². The fourth-order valence-corrected chi connectivity index (χ4v) is 1.38. The van der Waals surface area contributed by atoms with Gasteiger partial charge >= 0.3 is 23.1 Å². The number of methoxy groups -OCH3 is 1. The van der Waals surface area contributed by atoms with Crippen molar-refractivity contribution in [2.45, 2.75) is 6.61 Å². The van der Waals surface area contributed by atoms with Crippen LogP contribution in [0.2, 0.25) is 0 Å². The average Bonchev–Trinajstić information content (AvgIpc) is 2.37. The van der Waals surface area contributed by atoms with Crippen LogP contribution in [0.15, 0.2) is 42.5 Å². The van der Waals surface area contributed by atoms with Crippen molar-refractivity contribution in [2.75, 3.05) is 7.11 Å². The Bertz CT molecular complexity index is 491. The minimum atomic E-state index is -0.325. The van der Waals surface area contributed by atoms with Gasteiger partial charge in [0.2, 0.25) is 0 Å². The molecular weight excluding hydrogens is 323 g/mol. The van der Waals surface area contributed by atoms with E-state index in [4.69, 9.17) is 9.47 Å². The van der Waals surface area contributed by atoms with Crippen LogP contribution in [-0.4, -0.2) is 30.2 Å². The van der Waals surface area contributed by atoms with Gasteiger partial charge in [-0.3, -0.25) is 0 Å². The first-order chi connectivity index (χ1) is 8.28. The van der Waals surface area contributed by atoms with Crippen LogP contribution in [0.3, 0.4) is 0 Å². The Hall–Kier alpha value is -0.784. The maximum absolute atomic E-state index is 12.9. The molecule has 5 heteroatoms. The van der Waals surface area contributed by atoms with Gasteiger partial charge in [-0.1, -0.05) is 18.2 Å². The quantitative estimate of drug-likeness (QED) is 0.571. The van der Waals surface area contributed by atoms with E-state index in [0.29, 0.717) is 12.4 Å². The summed E-state index contributed by atoms with van der Waals surface area (Å²) in [6.45, 7) is 0.379. The van der Waals surface area contributed by atoms with Crippen LogP contribution in [-0.2, 0) is 6.61 Å². The molecule has 0 spiro atoms. The van der Waals surface area contributed by atoms with Crippen LogP contribution in [0.4, 0.5) is 4.39 Å². The first-order valence-corrected chi connectivity index (χ1v) is 5.21. The van der Waals surface area contributed by atoms with Gasteiger partial charge < -0.3 is 26.5 Å². The van der Waals surface area contributed by atoms with Gasteiger partial charge in [0.05, 0.1) is 7.11 Å². The van der Waals surface area contributed by atoms with Crippen LogP contribution in [0.1, 0.15) is 5.56 Å². The predicted octanol–water partition coefficient (Wildman–Crippen LogP) is -0.163. The smallest absolute Gasteiger partial charge is 1.00 e. The third-order valence-corrected chi connectivity index (χ3v) is 2.29. The molecular formula is C14H12BrFMgO2. The first kappa shape index (κ1) is 18.2. The van der Waals surface area contributed by atoms with Crippen LogP contribution >= 0.6 is 0 Å². The van der Waals surface area contributed by atoms with Gasteiger partial charge in [0.15, 0.2) is 0 Å². The largest absolute Gasteiger partial charge is 2.00 e. The van der Waals surface area contributed by atoms with E-state index >= 15 is 0 Å². The normalized spacial score (nSPS) is 8.95. The summed E-state index contributed by atoms with van der Waals surface area (Å²) in [5.41, 5.74) is 0.989. The molecule has 0 N–H and O–H groups in total. The summed E-state index contributed by atoms with van der Waals surface area (Å²) in [6.07, 6.45) is 0. The molecule has 0 radical (unpaired) electrons. The molecule has 0 heterocycles. The van der Waals surface area contributed by atoms with Crippen LogP contribution in [0, 0.1) is 11.9 Å². The minimum Gasteiger partial charge on any atom is -1.00 e. The fourth-order valence-electron chi connectivity index (χ4n) is 1.38. The Labute approximate surface area is 138 Å². The van der Waals surface area contributed by atoms with Gasteiger partial charge in [0.1, 0.15) is 12.4 Å². The summed E-state index contributed by atoms with van der Waals surface area (Å²) in [4.78, 5) is 0. The Kier molecular flexibility index (Phi) is 8.79. The molecule has 0 saturated heterocycles. The third kappa shape index (κ3) is 5.80. The van der Waals surface area contributed by atoms with Crippen molar-refractivity contribution < 1.29 is 30.8 Å². The molecule has 0 aliphatic carbocycles. The van der Waals surface area contributed by atoms with E-state index in [0.717, 1.165) is 11.3 Å². The molecule has 0 atom stereocenters. The number of ether oxygens (including phenoxy) is 2. The van der Waals surface area contributed by atoms with Crippen molar-refractivity contribution in [1.82, 2.24) is 0 Å². The second kappa shape index (κ2) is 9.17. The molecule has 0 amide bonds. The summed E-state index contributed by atoms with van der Waals surface area (Å²) >= 11 is 0. The third-order valence-electron chi connectivity index (χ3n) is 2.29. The van der Waals surface area contributed by atoms with Crippen molar-refractivity contribution >= 4 is 23.1 Å². The molecule has 0 fully saturated rings. The predicted molar refractivity (Wildman–Crippen MR) is 68.3 cm³/mol. The molecule has 0 aliphatic heterocycles. The van der Waals surface area contributed by atoms with E-state index in [-0.39, 0.29) is 45.9 Å². The van der Waals surface area contributed by atoms with Crippen molar-refractivity contribution in [3.63, 3.8) is 0 Å². The van der Waals surface area contributed by atoms with Crippen molar-refractivity contribution in [3.05, 3.63) is 59.9 Å². The van der Waals surface area contributed by atoms with Gasteiger partial charge in [0, 0.05) is 11.6 Å². The monoisotopic (exact) mass is 334 g/mol. The maximum atomic E-state index is 12.9. The molecule has 0 aromatic heterocycles. The van der Waals surface area contributed by atoms with Crippen LogP contribution < -0.4 is 26.5 Å². The fraction of sp³-hybridized carbons (Fsp3) is 0.143. The van der Waals surface area contributed by atoms with E-state index in [9.17, 15) is 4.39 Å². The molecule has 2 aromatic rings. The number of halogens is 2. The second-order valence-corrected chi connectivity index (χ2v) is 3.51. The van der Waals surface area contributed by atoms with Gasteiger partial charge in [0.25, 0.3) is 0 Å². The molecule has 2 aromatic carbocycles. The summed E-state index contributed by atoms with van der Waals surface area (Å²) in [5, 5.41) is 0. The summed E-state index contributed by atoms with van der Waals surface area (Å²) in [7, 11) is 1.62.